The first kappa shape index (κ1) is 31.1. The van der Waals surface area contributed by atoms with E-state index in [2.05, 4.69) is 20.8 Å². The number of thiazole rings is 1. The van der Waals surface area contributed by atoms with Crippen molar-refractivity contribution in [2.45, 2.75) is 13.2 Å². The predicted molar refractivity (Wildman–Crippen MR) is 187 cm³/mol. The fourth-order valence-electron chi connectivity index (χ4n) is 4.60. The van der Waals surface area contributed by atoms with Crippen LogP contribution in [-0.4, -0.2) is 24.2 Å². The van der Waals surface area contributed by atoms with E-state index in [9.17, 15) is 4.79 Å². The second kappa shape index (κ2) is 15.4. The van der Waals surface area contributed by atoms with E-state index in [0.717, 1.165) is 38.8 Å². The van der Waals surface area contributed by atoms with Crippen molar-refractivity contribution in [2.75, 3.05) is 12.4 Å². The minimum absolute atomic E-state index is 0.302. The van der Waals surface area contributed by atoms with Crippen molar-refractivity contribution in [3.63, 3.8) is 0 Å². The highest BCUT2D eigenvalue weighted by Crippen LogP contribution is 2.30. The summed E-state index contributed by atoms with van der Waals surface area (Å²) in [7, 11) is 1.62. The Morgan fingerprint density at radius 1 is 0.787 bits per heavy atom. The van der Waals surface area contributed by atoms with Gasteiger partial charge in [0.1, 0.15) is 19.0 Å². The number of para-hydroxylation sites is 1. The molecular weight excluding hydrogens is 609 g/mol. The average molecular weight is 641 g/mol. The third-order valence-electron chi connectivity index (χ3n) is 7.10. The topological polar surface area (TPSA) is 94.1 Å². The second-order valence-corrected chi connectivity index (χ2v) is 11.3. The van der Waals surface area contributed by atoms with Gasteiger partial charge >= 0.3 is 0 Å². The molecule has 47 heavy (non-hydrogen) atoms. The normalized spacial score (nSPS) is 10.8. The molecule has 9 heteroatoms. The van der Waals surface area contributed by atoms with Gasteiger partial charge in [0.2, 0.25) is 0 Å². The number of rotatable bonds is 13. The zero-order chi connectivity index (χ0) is 32.3. The summed E-state index contributed by atoms with van der Waals surface area (Å²) in [5, 5.41) is 10.2. The molecule has 5 aromatic carbocycles. The second-order valence-electron chi connectivity index (χ2n) is 10.4. The van der Waals surface area contributed by atoms with Gasteiger partial charge in [-0.1, -0.05) is 66.7 Å². The van der Waals surface area contributed by atoms with E-state index >= 15 is 0 Å². The summed E-state index contributed by atoms with van der Waals surface area (Å²) < 4.78 is 17.5. The van der Waals surface area contributed by atoms with Gasteiger partial charge in [0, 0.05) is 22.2 Å². The van der Waals surface area contributed by atoms with E-state index in [1.54, 1.807) is 25.5 Å². The van der Waals surface area contributed by atoms with Crippen LogP contribution >= 0.6 is 11.3 Å². The number of carbonyl (C=O) groups excluding carboxylic acids is 1. The summed E-state index contributed by atoms with van der Waals surface area (Å²) in [4.78, 5) is 17.3. The van der Waals surface area contributed by atoms with Crippen LogP contribution in [0.5, 0.6) is 17.2 Å². The number of aromatic nitrogens is 1. The third kappa shape index (κ3) is 8.62. The maximum atomic E-state index is 12.6. The molecule has 0 atom stereocenters. The molecule has 0 fully saturated rings. The van der Waals surface area contributed by atoms with Crippen LogP contribution in [0.1, 0.15) is 27.0 Å². The summed E-state index contributed by atoms with van der Waals surface area (Å²) in [5.74, 6) is 1.73. The SMILES string of the molecule is COc1cc(COc2ccc(/C=N/NC(=O)c3ccc(-c4csc(Nc5ccccc5)n4)cc3)cc2)ccc1OCc1ccccc1. The largest absolute Gasteiger partial charge is 0.493 e. The van der Waals surface area contributed by atoms with Crippen molar-refractivity contribution in [1.82, 2.24) is 10.4 Å². The van der Waals surface area contributed by atoms with Crippen LogP contribution in [0.25, 0.3) is 11.3 Å². The van der Waals surface area contributed by atoms with Gasteiger partial charge in [-0.05, 0) is 77.4 Å². The zero-order valence-corrected chi connectivity index (χ0v) is 26.4. The standard InChI is InChI=1S/C38H32N4O4S/c1-44-36-22-29(14-21-35(36)46-24-28-8-4-2-5-9-28)25-45-33-19-12-27(13-20-33)23-39-42-37(43)31-17-15-30(16-18-31)34-26-47-38(41-34)40-32-10-6-3-7-11-32/h2-23,26H,24-25H2,1H3,(H,40,41)(H,42,43)/b39-23+. The molecule has 0 aliphatic rings. The van der Waals surface area contributed by atoms with Gasteiger partial charge in [0.15, 0.2) is 16.6 Å². The van der Waals surface area contributed by atoms with Crippen molar-refractivity contribution in [3.05, 3.63) is 155 Å². The molecule has 0 spiro atoms. The molecule has 0 bridgehead atoms. The Morgan fingerprint density at radius 3 is 2.26 bits per heavy atom. The van der Waals surface area contributed by atoms with Crippen molar-refractivity contribution in [2.24, 2.45) is 5.10 Å². The van der Waals surface area contributed by atoms with Crippen LogP contribution in [0.3, 0.4) is 0 Å². The van der Waals surface area contributed by atoms with Gasteiger partial charge < -0.3 is 19.5 Å². The van der Waals surface area contributed by atoms with E-state index in [0.29, 0.717) is 36.0 Å². The third-order valence-corrected chi connectivity index (χ3v) is 7.86. The number of methoxy groups -OCH3 is 1. The minimum Gasteiger partial charge on any atom is -0.493 e. The number of hydrazone groups is 1. The molecule has 6 rings (SSSR count). The summed E-state index contributed by atoms with van der Waals surface area (Å²) in [6, 6.07) is 40.4. The molecule has 1 aromatic heterocycles. The molecule has 1 amide bonds. The van der Waals surface area contributed by atoms with E-state index in [-0.39, 0.29) is 5.91 Å². The number of nitrogens with zero attached hydrogens (tertiary/aromatic N) is 2. The Morgan fingerprint density at radius 2 is 1.51 bits per heavy atom. The summed E-state index contributed by atoms with van der Waals surface area (Å²) in [6.07, 6.45) is 1.59. The van der Waals surface area contributed by atoms with Crippen LogP contribution in [-0.2, 0) is 13.2 Å². The molecule has 234 valence electrons. The summed E-state index contributed by atoms with van der Waals surface area (Å²) in [5.41, 5.74) is 8.69. The van der Waals surface area contributed by atoms with E-state index in [4.69, 9.17) is 14.2 Å². The number of hydrogen-bond acceptors (Lipinski definition) is 8. The minimum atomic E-state index is -0.302. The van der Waals surface area contributed by atoms with Crippen LogP contribution in [0.2, 0.25) is 0 Å². The van der Waals surface area contributed by atoms with Gasteiger partial charge in [-0.25, -0.2) is 10.4 Å². The van der Waals surface area contributed by atoms with Crippen molar-refractivity contribution >= 4 is 34.3 Å². The van der Waals surface area contributed by atoms with Crippen molar-refractivity contribution in [3.8, 4) is 28.5 Å². The average Bonchev–Trinajstić information content (AvgIpc) is 3.59. The Balaban J connectivity index is 0.966. The highest BCUT2D eigenvalue weighted by molar-refractivity contribution is 7.14. The number of ether oxygens (including phenoxy) is 3. The highest BCUT2D eigenvalue weighted by atomic mass is 32.1. The molecule has 6 aromatic rings. The molecule has 0 aliphatic carbocycles. The van der Waals surface area contributed by atoms with Crippen molar-refractivity contribution < 1.29 is 19.0 Å². The van der Waals surface area contributed by atoms with Crippen LogP contribution < -0.4 is 25.0 Å². The molecule has 0 unspecified atom stereocenters. The molecule has 1 heterocycles. The van der Waals surface area contributed by atoms with Gasteiger partial charge in [0.25, 0.3) is 5.91 Å². The Labute approximate surface area is 277 Å². The van der Waals surface area contributed by atoms with Gasteiger partial charge in [-0.3, -0.25) is 4.79 Å². The Hall–Kier alpha value is -5.93. The fourth-order valence-corrected chi connectivity index (χ4v) is 5.34. The quantitative estimate of drug-likeness (QED) is 0.0972. The smallest absolute Gasteiger partial charge is 0.271 e. The highest BCUT2D eigenvalue weighted by Gasteiger charge is 2.09. The van der Waals surface area contributed by atoms with E-state index < -0.39 is 0 Å². The number of anilines is 2. The van der Waals surface area contributed by atoms with Crippen LogP contribution in [0.15, 0.2) is 138 Å². The first-order valence-electron chi connectivity index (χ1n) is 14.9. The number of carbonyl (C=O) groups is 1. The van der Waals surface area contributed by atoms with Crippen LogP contribution in [0, 0.1) is 0 Å². The number of nitrogens with one attached hydrogen (secondary N) is 2. The zero-order valence-electron chi connectivity index (χ0n) is 25.6. The molecule has 2 N–H and O–H groups in total. The molecular formula is C38H32N4O4S. The number of benzene rings is 5. The molecule has 0 aliphatic heterocycles. The lowest BCUT2D eigenvalue weighted by Crippen LogP contribution is -2.17. The number of amides is 1. The summed E-state index contributed by atoms with van der Waals surface area (Å²) >= 11 is 1.53. The molecule has 8 nitrogen and oxygen atoms in total. The number of hydrogen-bond donors (Lipinski definition) is 2. The van der Waals surface area contributed by atoms with Crippen LogP contribution in [0.4, 0.5) is 10.8 Å². The maximum Gasteiger partial charge on any atom is 0.271 e. The van der Waals surface area contributed by atoms with Gasteiger partial charge in [0.05, 0.1) is 19.0 Å². The van der Waals surface area contributed by atoms with Gasteiger partial charge in [-0.15, -0.1) is 11.3 Å². The Kier molecular flexibility index (Phi) is 10.2. The fraction of sp³-hybridized carbons (Fsp3) is 0.0789. The first-order chi connectivity index (χ1) is 23.1. The predicted octanol–water partition coefficient (Wildman–Crippen LogP) is 8.48. The maximum absolute atomic E-state index is 12.6. The van der Waals surface area contributed by atoms with E-state index in [1.165, 1.54) is 11.3 Å². The lowest BCUT2D eigenvalue weighted by atomic mass is 10.1. The molecule has 0 saturated carbocycles. The monoisotopic (exact) mass is 640 g/mol. The van der Waals surface area contributed by atoms with E-state index in [1.807, 2.05) is 121 Å². The first-order valence-corrected chi connectivity index (χ1v) is 15.8. The summed E-state index contributed by atoms with van der Waals surface area (Å²) in [6.45, 7) is 0.828. The van der Waals surface area contributed by atoms with Gasteiger partial charge in [-0.2, -0.15) is 5.10 Å². The molecule has 0 saturated heterocycles. The van der Waals surface area contributed by atoms with Crippen molar-refractivity contribution in [1.29, 1.82) is 0 Å². The molecule has 0 radical (unpaired) electrons. The Bertz CT molecular complexity index is 1930. The lowest BCUT2D eigenvalue weighted by molar-refractivity contribution is 0.0955. The lowest BCUT2D eigenvalue weighted by Gasteiger charge is -2.13.